The van der Waals surface area contributed by atoms with Crippen LogP contribution in [-0.4, -0.2) is 18.8 Å². The van der Waals surface area contributed by atoms with Gasteiger partial charge >= 0.3 is 0 Å². The van der Waals surface area contributed by atoms with E-state index in [0.29, 0.717) is 29.4 Å². The first kappa shape index (κ1) is 19.4. The Hall–Kier alpha value is -2.94. The van der Waals surface area contributed by atoms with Gasteiger partial charge in [0.05, 0.1) is 31.7 Å². The minimum absolute atomic E-state index is 0.253. The fraction of sp³-hybridized carbons (Fsp3) is 0.261. The van der Waals surface area contributed by atoms with E-state index in [2.05, 4.69) is 10.6 Å². The van der Waals surface area contributed by atoms with Gasteiger partial charge in [0.15, 0.2) is 11.5 Å². The number of ether oxygens (including phenoxy) is 3. The number of benzene rings is 2. The molecule has 2 aromatic carbocycles. The number of methoxy groups -OCH3 is 2. The maximum atomic E-state index is 9.14. The molecular formula is C23H21ClN2O3. The topological polar surface area (TPSA) is 56.4 Å². The van der Waals surface area contributed by atoms with Crippen LogP contribution >= 0.6 is 11.6 Å². The molecule has 5 nitrogen and oxygen atoms in total. The van der Waals surface area contributed by atoms with Crippen molar-refractivity contribution in [2.75, 3.05) is 14.2 Å². The van der Waals surface area contributed by atoms with Gasteiger partial charge in [0, 0.05) is 28.8 Å². The molecule has 2 heterocycles. The SMILES string of the molecule is COc1cccc([C@H]2O[C@H](CCC#N)c3cccn3-c3ccc(Cl)cc32)c1OC. The van der Waals surface area contributed by atoms with Crippen molar-refractivity contribution < 1.29 is 14.2 Å². The van der Waals surface area contributed by atoms with E-state index in [9.17, 15) is 0 Å². The van der Waals surface area contributed by atoms with Gasteiger partial charge in [-0.15, -0.1) is 0 Å². The second-order valence-corrected chi connectivity index (χ2v) is 7.23. The van der Waals surface area contributed by atoms with Crippen molar-refractivity contribution in [1.82, 2.24) is 4.57 Å². The highest BCUT2D eigenvalue weighted by atomic mass is 35.5. The zero-order valence-electron chi connectivity index (χ0n) is 16.3. The van der Waals surface area contributed by atoms with E-state index in [-0.39, 0.29) is 6.10 Å². The minimum atomic E-state index is -0.433. The Morgan fingerprint density at radius 3 is 2.72 bits per heavy atom. The van der Waals surface area contributed by atoms with Crippen molar-refractivity contribution in [3.05, 3.63) is 76.6 Å². The molecule has 0 aliphatic carbocycles. The predicted molar refractivity (Wildman–Crippen MR) is 111 cm³/mol. The van der Waals surface area contributed by atoms with E-state index in [1.54, 1.807) is 14.2 Å². The van der Waals surface area contributed by atoms with Gasteiger partial charge in [0.1, 0.15) is 12.2 Å². The average Bonchev–Trinajstić information content (AvgIpc) is 3.18. The van der Waals surface area contributed by atoms with Crippen molar-refractivity contribution >= 4 is 11.6 Å². The van der Waals surface area contributed by atoms with E-state index >= 15 is 0 Å². The molecule has 0 saturated carbocycles. The molecule has 1 aliphatic heterocycles. The Morgan fingerprint density at radius 1 is 1.10 bits per heavy atom. The second kappa shape index (κ2) is 8.20. The molecule has 3 aromatic rings. The summed E-state index contributed by atoms with van der Waals surface area (Å²) in [4.78, 5) is 0. The Bertz CT molecular complexity index is 1070. The van der Waals surface area contributed by atoms with Crippen LogP contribution in [0.3, 0.4) is 0 Å². The summed E-state index contributed by atoms with van der Waals surface area (Å²) in [5, 5.41) is 9.77. The molecule has 6 heteroatoms. The average molecular weight is 409 g/mol. The number of para-hydroxylation sites is 1. The highest BCUT2D eigenvalue weighted by molar-refractivity contribution is 6.30. The third-order valence-corrected chi connectivity index (χ3v) is 5.41. The van der Waals surface area contributed by atoms with E-state index in [0.717, 1.165) is 22.5 Å². The maximum Gasteiger partial charge on any atom is 0.166 e. The number of rotatable bonds is 5. The van der Waals surface area contributed by atoms with Gasteiger partial charge in [-0.05, 0) is 42.8 Å². The first-order valence-corrected chi connectivity index (χ1v) is 9.76. The molecule has 4 rings (SSSR count). The van der Waals surface area contributed by atoms with Crippen LogP contribution in [0.25, 0.3) is 5.69 Å². The van der Waals surface area contributed by atoms with Gasteiger partial charge < -0.3 is 18.8 Å². The molecule has 148 valence electrons. The zero-order valence-corrected chi connectivity index (χ0v) is 17.0. The molecule has 0 amide bonds. The number of halogens is 1. The van der Waals surface area contributed by atoms with Gasteiger partial charge in [-0.3, -0.25) is 0 Å². The Balaban J connectivity index is 1.94. The lowest BCUT2D eigenvalue weighted by Crippen LogP contribution is -2.12. The molecule has 0 unspecified atom stereocenters. The zero-order chi connectivity index (χ0) is 20.4. The first-order valence-electron chi connectivity index (χ1n) is 9.38. The molecule has 1 aromatic heterocycles. The lowest BCUT2D eigenvalue weighted by molar-refractivity contribution is 0.00193. The number of aromatic nitrogens is 1. The van der Waals surface area contributed by atoms with Crippen LogP contribution < -0.4 is 9.47 Å². The van der Waals surface area contributed by atoms with Crippen LogP contribution in [0.1, 0.15) is 41.9 Å². The van der Waals surface area contributed by atoms with Gasteiger partial charge in [-0.2, -0.15) is 5.26 Å². The van der Waals surface area contributed by atoms with Crippen molar-refractivity contribution in [3.63, 3.8) is 0 Å². The second-order valence-electron chi connectivity index (χ2n) is 6.79. The van der Waals surface area contributed by atoms with Gasteiger partial charge in [-0.25, -0.2) is 0 Å². The van der Waals surface area contributed by atoms with E-state index in [1.807, 2.05) is 54.7 Å². The van der Waals surface area contributed by atoms with Crippen LogP contribution in [0.5, 0.6) is 11.5 Å². The van der Waals surface area contributed by atoms with Crippen LogP contribution in [0.2, 0.25) is 5.02 Å². The summed E-state index contributed by atoms with van der Waals surface area (Å²) in [6, 6.07) is 17.8. The maximum absolute atomic E-state index is 9.14. The van der Waals surface area contributed by atoms with Crippen molar-refractivity contribution in [3.8, 4) is 23.3 Å². The fourth-order valence-corrected chi connectivity index (χ4v) is 4.09. The van der Waals surface area contributed by atoms with Crippen molar-refractivity contribution in [1.29, 1.82) is 5.26 Å². The number of nitriles is 1. The molecule has 29 heavy (non-hydrogen) atoms. The number of hydrogen-bond acceptors (Lipinski definition) is 4. The molecule has 0 bridgehead atoms. The Labute approximate surface area is 175 Å². The number of nitrogens with zero attached hydrogens (tertiary/aromatic N) is 2. The Kier molecular flexibility index (Phi) is 5.48. The molecule has 0 N–H and O–H groups in total. The van der Waals surface area contributed by atoms with Crippen molar-refractivity contribution in [2.45, 2.75) is 25.0 Å². The normalized spacial score (nSPS) is 17.6. The van der Waals surface area contributed by atoms with Gasteiger partial charge in [-0.1, -0.05) is 23.7 Å². The van der Waals surface area contributed by atoms with Crippen LogP contribution in [0.4, 0.5) is 0 Å². The van der Waals surface area contributed by atoms with E-state index in [4.69, 9.17) is 31.1 Å². The monoisotopic (exact) mass is 408 g/mol. The number of fused-ring (bicyclic) bond motifs is 3. The first-order chi connectivity index (χ1) is 14.2. The fourth-order valence-electron chi connectivity index (χ4n) is 3.91. The van der Waals surface area contributed by atoms with Crippen LogP contribution in [0, 0.1) is 11.3 Å². The van der Waals surface area contributed by atoms with Gasteiger partial charge in [0.2, 0.25) is 0 Å². The largest absolute Gasteiger partial charge is 0.493 e. The summed E-state index contributed by atoms with van der Waals surface area (Å²) in [6.07, 6.45) is 2.31. The lowest BCUT2D eigenvalue weighted by Gasteiger charge is -2.25. The highest BCUT2D eigenvalue weighted by Gasteiger charge is 2.32. The summed E-state index contributed by atoms with van der Waals surface area (Å²) in [5.41, 5.74) is 3.78. The molecule has 2 atom stereocenters. The number of hydrogen-bond donors (Lipinski definition) is 0. The van der Waals surface area contributed by atoms with Crippen LogP contribution in [-0.2, 0) is 4.74 Å². The lowest BCUT2D eigenvalue weighted by atomic mass is 9.98. The standard InChI is InChI=1S/C23H21ClN2O3/c1-27-21-8-3-6-16(23(21)28-2)22-17-14-15(24)10-11-18(17)26-13-5-7-19(26)20(29-22)9-4-12-25/h3,5-8,10-11,13-14,20,22H,4,9H2,1-2H3/t20-,22-/m1/s1. The predicted octanol–water partition coefficient (Wildman–Crippen LogP) is 5.61. The molecule has 1 aliphatic rings. The van der Waals surface area contributed by atoms with E-state index in [1.165, 1.54) is 0 Å². The summed E-state index contributed by atoms with van der Waals surface area (Å²) in [5.74, 6) is 1.26. The summed E-state index contributed by atoms with van der Waals surface area (Å²) >= 11 is 6.37. The quantitative estimate of drug-likeness (QED) is 0.550. The molecule has 0 spiro atoms. The van der Waals surface area contributed by atoms with Crippen molar-refractivity contribution in [2.24, 2.45) is 0 Å². The van der Waals surface area contributed by atoms with Crippen LogP contribution in [0.15, 0.2) is 54.7 Å². The summed E-state index contributed by atoms with van der Waals surface area (Å²) in [6.45, 7) is 0. The molecular weight excluding hydrogens is 388 g/mol. The summed E-state index contributed by atoms with van der Waals surface area (Å²) < 4.78 is 19.9. The van der Waals surface area contributed by atoms with Gasteiger partial charge in [0.25, 0.3) is 0 Å². The Morgan fingerprint density at radius 2 is 1.97 bits per heavy atom. The third kappa shape index (κ3) is 3.46. The molecule has 0 radical (unpaired) electrons. The third-order valence-electron chi connectivity index (χ3n) is 5.18. The van der Waals surface area contributed by atoms with E-state index < -0.39 is 6.10 Å². The highest BCUT2D eigenvalue weighted by Crippen LogP contribution is 2.46. The molecule has 0 fully saturated rings. The minimum Gasteiger partial charge on any atom is -0.493 e. The molecule has 0 saturated heterocycles. The smallest absolute Gasteiger partial charge is 0.166 e. The summed E-state index contributed by atoms with van der Waals surface area (Å²) in [7, 11) is 3.23.